The van der Waals surface area contributed by atoms with Gasteiger partial charge in [-0.25, -0.2) is 4.79 Å². The molecule has 0 aliphatic carbocycles. The Labute approximate surface area is 188 Å². The van der Waals surface area contributed by atoms with Gasteiger partial charge in [0.2, 0.25) is 23.6 Å². The second-order valence-corrected chi connectivity index (χ2v) is 6.90. The van der Waals surface area contributed by atoms with Crippen molar-refractivity contribution in [2.75, 3.05) is 13.1 Å². The first kappa shape index (κ1) is 29.0. The molecule has 0 heterocycles. The lowest BCUT2D eigenvalue weighted by atomic mass is 10.1. The standard InChI is InChI=1S/C17H30N8O8/c18-8(2-1-5-22-17(20)21)14(30)23-7-12(27)24-9(3-4-11(19)26)15(31)25-10(16(32)33)6-13(28)29/h8-10H,1-7,18H2,(H2,19,26)(H,23,30)(H,24,27)(H,25,31)(H,28,29)(H,32,33)(H4,20,21,22). The number of aliphatic carboxylic acids is 2. The van der Waals surface area contributed by atoms with E-state index in [9.17, 15) is 28.8 Å². The van der Waals surface area contributed by atoms with E-state index in [0.29, 0.717) is 6.42 Å². The van der Waals surface area contributed by atoms with Gasteiger partial charge in [-0.05, 0) is 19.3 Å². The molecule has 0 aliphatic rings. The molecule has 0 saturated carbocycles. The highest BCUT2D eigenvalue weighted by atomic mass is 16.4. The summed E-state index contributed by atoms with van der Waals surface area (Å²) in [4.78, 5) is 73.1. The average molecular weight is 474 g/mol. The second kappa shape index (κ2) is 15.0. The highest BCUT2D eigenvalue weighted by Gasteiger charge is 2.28. The number of nitrogens with one attached hydrogen (secondary N) is 3. The molecule has 16 nitrogen and oxygen atoms in total. The van der Waals surface area contributed by atoms with E-state index >= 15 is 0 Å². The number of nitrogens with zero attached hydrogens (tertiary/aromatic N) is 1. The Kier molecular flexibility index (Phi) is 13.2. The maximum absolute atomic E-state index is 12.4. The molecule has 0 aromatic rings. The summed E-state index contributed by atoms with van der Waals surface area (Å²) in [5.74, 6) is -6.50. The lowest BCUT2D eigenvalue weighted by Crippen LogP contribution is -2.54. The van der Waals surface area contributed by atoms with Gasteiger partial charge in [0, 0.05) is 13.0 Å². The van der Waals surface area contributed by atoms with Crippen LogP contribution in [0.4, 0.5) is 0 Å². The zero-order valence-electron chi connectivity index (χ0n) is 17.8. The van der Waals surface area contributed by atoms with Gasteiger partial charge >= 0.3 is 11.9 Å². The second-order valence-electron chi connectivity index (χ2n) is 6.90. The van der Waals surface area contributed by atoms with Gasteiger partial charge in [-0.3, -0.25) is 29.0 Å². The van der Waals surface area contributed by atoms with Crippen molar-refractivity contribution in [3.05, 3.63) is 0 Å². The largest absolute Gasteiger partial charge is 0.481 e. The molecule has 0 fully saturated rings. The number of carboxylic acid groups (broad SMARTS) is 2. The molecule has 13 N–H and O–H groups in total. The number of nitrogens with two attached hydrogens (primary N) is 4. The number of primary amides is 1. The van der Waals surface area contributed by atoms with E-state index in [0.717, 1.165) is 0 Å². The minimum Gasteiger partial charge on any atom is -0.481 e. The van der Waals surface area contributed by atoms with E-state index < -0.39 is 66.7 Å². The minimum atomic E-state index is -1.76. The van der Waals surface area contributed by atoms with Gasteiger partial charge in [0.15, 0.2) is 5.96 Å². The monoisotopic (exact) mass is 474 g/mol. The third-order valence-electron chi connectivity index (χ3n) is 4.05. The smallest absolute Gasteiger partial charge is 0.326 e. The number of carboxylic acids is 2. The molecule has 0 aromatic heterocycles. The zero-order valence-corrected chi connectivity index (χ0v) is 17.8. The number of hydrogen-bond donors (Lipinski definition) is 9. The highest BCUT2D eigenvalue weighted by molar-refractivity contribution is 5.93. The number of carbonyl (C=O) groups excluding carboxylic acids is 4. The van der Waals surface area contributed by atoms with Gasteiger partial charge in [-0.2, -0.15) is 0 Å². The molecule has 0 spiro atoms. The Morgan fingerprint density at radius 1 is 0.879 bits per heavy atom. The molecule has 0 aromatic carbocycles. The number of hydrogen-bond acceptors (Lipinski definition) is 8. The number of rotatable bonds is 16. The van der Waals surface area contributed by atoms with Gasteiger partial charge in [0.05, 0.1) is 19.0 Å². The molecule has 0 aliphatic heterocycles. The van der Waals surface area contributed by atoms with Crippen LogP contribution in [-0.4, -0.2) is 83.0 Å². The molecule has 186 valence electrons. The molecule has 33 heavy (non-hydrogen) atoms. The molecule has 0 bridgehead atoms. The van der Waals surface area contributed by atoms with Crippen molar-refractivity contribution in [3.8, 4) is 0 Å². The number of amides is 4. The van der Waals surface area contributed by atoms with Crippen LogP contribution in [-0.2, 0) is 28.8 Å². The van der Waals surface area contributed by atoms with Crippen LogP contribution < -0.4 is 38.9 Å². The van der Waals surface area contributed by atoms with E-state index in [1.54, 1.807) is 0 Å². The van der Waals surface area contributed by atoms with Crippen molar-refractivity contribution in [3.63, 3.8) is 0 Å². The summed E-state index contributed by atoms with van der Waals surface area (Å²) >= 11 is 0. The third kappa shape index (κ3) is 13.9. The van der Waals surface area contributed by atoms with Crippen LogP contribution in [0.3, 0.4) is 0 Å². The van der Waals surface area contributed by atoms with Crippen molar-refractivity contribution < 1.29 is 39.0 Å². The fourth-order valence-electron chi connectivity index (χ4n) is 2.40. The Balaban J connectivity index is 4.87. The van der Waals surface area contributed by atoms with E-state index in [2.05, 4.69) is 15.6 Å². The molecular formula is C17H30N8O8. The first-order chi connectivity index (χ1) is 15.3. The minimum absolute atomic E-state index is 0.0998. The number of carbonyl (C=O) groups is 6. The van der Waals surface area contributed by atoms with Crippen molar-refractivity contribution in [1.82, 2.24) is 16.0 Å². The molecule has 4 amide bonds. The van der Waals surface area contributed by atoms with Crippen LogP contribution in [0.5, 0.6) is 0 Å². The van der Waals surface area contributed by atoms with E-state index in [1.165, 1.54) is 0 Å². The fraction of sp³-hybridized carbons (Fsp3) is 0.588. The molecule has 16 heteroatoms. The van der Waals surface area contributed by atoms with Crippen molar-refractivity contribution in [2.24, 2.45) is 27.9 Å². The first-order valence-electron chi connectivity index (χ1n) is 9.74. The van der Waals surface area contributed by atoms with Crippen LogP contribution in [0.25, 0.3) is 0 Å². The summed E-state index contributed by atoms with van der Waals surface area (Å²) in [5, 5.41) is 24.3. The van der Waals surface area contributed by atoms with E-state index in [-0.39, 0.29) is 31.8 Å². The quantitative estimate of drug-likeness (QED) is 0.0581. The molecule has 0 saturated heterocycles. The van der Waals surface area contributed by atoms with Crippen LogP contribution in [0.2, 0.25) is 0 Å². The van der Waals surface area contributed by atoms with Gasteiger partial charge in [0.1, 0.15) is 12.1 Å². The average Bonchev–Trinajstić information content (AvgIpc) is 2.70. The lowest BCUT2D eigenvalue weighted by molar-refractivity contribution is -0.147. The zero-order chi connectivity index (χ0) is 25.6. The third-order valence-corrected chi connectivity index (χ3v) is 4.05. The predicted octanol–water partition coefficient (Wildman–Crippen LogP) is -4.72. The Morgan fingerprint density at radius 2 is 1.52 bits per heavy atom. The van der Waals surface area contributed by atoms with E-state index in [1.807, 2.05) is 5.32 Å². The predicted molar refractivity (Wildman–Crippen MR) is 113 cm³/mol. The molecular weight excluding hydrogens is 444 g/mol. The summed E-state index contributed by atoms with van der Waals surface area (Å²) in [6.45, 7) is -0.308. The summed E-state index contributed by atoms with van der Waals surface area (Å²) in [5.41, 5.74) is 21.1. The summed E-state index contributed by atoms with van der Waals surface area (Å²) in [6.07, 6.45) is -0.884. The molecule has 0 radical (unpaired) electrons. The summed E-state index contributed by atoms with van der Waals surface area (Å²) in [6, 6.07) is -4.13. The topological polar surface area (TPSA) is 295 Å². The van der Waals surface area contributed by atoms with Crippen LogP contribution in [0, 0.1) is 0 Å². The fourth-order valence-corrected chi connectivity index (χ4v) is 2.40. The number of aliphatic imine (C=N–C) groups is 1. The van der Waals surface area contributed by atoms with Crippen LogP contribution in [0.1, 0.15) is 32.1 Å². The summed E-state index contributed by atoms with van der Waals surface area (Å²) < 4.78 is 0. The first-order valence-corrected chi connectivity index (χ1v) is 9.74. The Morgan fingerprint density at radius 3 is 2.03 bits per heavy atom. The van der Waals surface area contributed by atoms with Crippen molar-refractivity contribution in [1.29, 1.82) is 0 Å². The normalized spacial score (nSPS) is 13.0. The van der Waals surface area contributed by atoms with Crippen LogP contribution in [0.15, 0.2) is 4.99 Å². The maximum atomic E-state index is 12.4. The molecule has 3 atom stereocenters. The van der Waals surface area contributed by atoms with Gasteiger partial charge < -0.3 is 49.1 Å². The Hall–Kier alpha value is -3.95. The van der Waals surface area contributed by atoms with E-state index in [4.69, 9.17) is 33.1 Å². The molecule has 3 unspecified atom stereocenters. The van der Waals surface area contributed by atoms with Crippen molar-refractivity contribution >= 4 is 41.5 Å². The van der Waals surface area contributed by atoms with Crippen LogP contribution >= 0.6 is 0 Å². The SMILES string of the molecule is NC(=O)CCC(NC(=O)CNC(=O)C(N)CCCN=C(N)N)C(=O)NC(CC(=O)O)C(=O)O. The van der Waals surface area contributed by atoms with Gasteiger partial charge in [-0.15, -0.1) is 0 Å². The van der Waals surface area contributed by atoms with Crippen molar-refractivity contribution in [2.45, 2.75) is 50.2 Å². The highest BCUT2D eigenvalue weighted by Crippen LogP contribution is 2.01. The Bertz CT molecular complexity index is 768. The molecule has 0 rings (SSSR count). The number of guanidine groups is 1. The lowest BCUT2D eigenvalue weighted by Gasteiger charge is -2.21. The summed E-state index contributed by atoms with van der Waals surface area (Å²) in [7, 11) is 0. The van der Waals surface area contributed by atoms with Gasteiger partial charge in [-0.1, -0.05) is 0 Å². The maximum Gasteiger partial charge on any atom is 0.326 e. The van der Waals surface area contributed by atoms with Gasteiger partial charge in [0.25, 0.3) is 0 Å².